The minimum absolute atomic E-state index is 0.0803. The van der Waals surface area contributed by atoms with Crippen LogP contribution in [0.3, 0.4) is 0 Å². The van der Waals surface area contributed by atoms with Gasteiger partial charge in [0, 0.05) is 12.8 Å². The van der Waals surface area contributed by atoms with Gasteiger partial charge in [-0.05, 0) is 38.5 Å². The first-order valence-electron chi connectivity index (χ1n) is 22.5. The standard InChI is InChI=1S/C43H81O13P/c1-3-5-7-9-11-13-15-17-18-20-21-23-25-27-29-31-36(44)53-33-35(34-54-57(51,52)56-43-41(49)39(47)38(46)40(48)42(43)50)55-37(45)32-30-28-26-24-22-19-16-14-12-10-8-6-4-2/h19,22,35,38-43,46-50H,3-18,20-21,23-34H2,1-2H3,(H,51,52)/b22-19+/t35-,38?,39-,40?,41?,42?,43?/m0/s1. The summed E-state index contributed by atoms with van der Waals surface area (Å²) in [6.45, 7) is 3.28. The van der Waals surface area contributed by atoms with Crippen LogP contribution < -0.4 is 0 Å². The number of phosphoric ester groups is 1. The molecule has 0 saturated heterocycles. The Morgan fingerprint density at radius 3 is 1.35 bits per heavy atom. The van der Waals surface area contributed by atoms with Crippen LogP contribution >= 0.6 is 7.82 Å². The SMILES string of the molecule is CCCCCCCC/C=C/CCCCCC(=O)O[C@@H](COC(=O)CCCCCCCCCCCCCCCCC)COP(=O)(O)OC1C(O)C(O)C(O)[C@H](O)C1O. The summed E-state index contributed by atoms with van der Waals surface area (Å²) in [5, 5.41) is 50.1. The number of allylic oxidation sites excluding steroid dienone is 2. The molecule has 0 heterocycles. The minimum Gasteiger partial charge on any atom is -0.462 e. The van der Waals surface area contributed by atoms with Crippen molar-refractivity contribution < 1.29 is 63.1 Å². The van der Waals surface area contributed by atoms with Gasteiger partial charge in [-0.1, -0.05) is 154 Å². The smallest absolute Gasteiger partial charge is 0.462 e. The summed E-state index contributed by atoms with van der Waals surface area (Å²) < 4.78 is 33.5. The molecule has 8 atom stereocenters. The van der Waals surface area contributed by atoms with Crippen LogP contribution in [-0.2, 0) is 32.7 Å². The summed E-state index contributed by atoms with van der Waals surface area (Å²) in [6.07, 6.45) is 21.3. The fourth-order valence-electron chi connectivity index (χ4n) is 6.93. The van der Waals surface area contributed by atoms with Gasteiger partial charge in [-0.15, -0.1) is 0 Å². The van der Waals surface area contributed by atoms with Gasteiger partial charge < -0.3 is 39.9 Å². The van der Waals surface area contributed by atoms with Crippen LogP contribution in [0.1, 0.15) is 194 Å². The van der Waals surface area contributed by atoms with Crippen LogP contribution in [0.5, 0.6) is 0 Å². The molecular formula is C43H81O13P. The molecule has 0 amide bonds. The van der Waals surface area contributed by atoms with E-state index in [9.17, 15) is 44.6 Å². The van der Waals surface area contributed by atoms with E-state index in [4.69, 9.17) is 18.5 Å². The Kier molecular flexibility index (Phi) is 32.3. The summed E-state index contributed by atoms with van der Waals surface area (Å²) in [6, 6.07) is 0. The molecule has 1 rings (SSSR count). The number of phosphoric acid groups is 1. The van der Waals surface area contributed by atoms with E-state index in [1.54, 1.807) is 0 Å². The Balaban J connectivity index is 2.47. The predicted octanol–water partition coefficient (Wildman–Crippen LogP) is 8.28. The summed E-state index contributed by atoms with van der Waals surface area (Å²) in [4.78, 5) is 35.6. The molecule has 0 bridgehead atoms. The van der Waals surface area contributed by atoms with Crippen molar-refractivity contribution in [2.24, 2.45) is 0 Å². The van der Waals surface area contributed by atoms with E-state index in [1.807, 2.05) is 0 Å². The highest BCUT2D eigenvalue weighted by molar-refractivity contribution is 7.47. The summed E-state index contributed by atoms with van der Waals surface area (Å²) in [7, 11) is -5.11. The van der Waals surface area contributed by atoms with Gasteiger partial charge in [0.15, 0.2) is 6.10 Å². The van der Waals surface area contributed by atoms with Crippen molar-refractivity contribution in [3.63, 3.8) is 0 Å². The molecule has 1 fully saturated rings. The van der Waals surface area contributed by atoms with E-state index in [-0.39, 0.29) is 12.8 Å². The van der Waals surface area contributed by atoms with Gasteiger partial charge in [-0.2, -0.15) is 0 Å². The van der Waals surface area contributed by atoms with Crippen molar-refractivity contribution >= 4 is 19.8 Å². The maximum Gasteiger partial charge on any atom is 0.472 e. The van der Waals surface area contributed by atoms with E-state index in [0.717, 1.165) is 44.9 Å². The second kappa shape index (κ2) is 34.3. The molecule has 1 aliphatic carbocycles. The third kappa shape index (κ3) is 27.1. The maximum atomic E-state index is 12.8. The molecule has 336 valence electrons. The first-order chi connectivity index (χ1) is 27.4. The third-order valence-corrected chi connectivity index (χ3v) is 11.6. The fraction of sp³-hybridized carbons (Fsp3) is 0.907. The lowest BCUT2D eigenvalue weighted by atomic mass is 9.85. The van der Waals surface area contributed by atoms with Gasteiger partial charge in [0.05, 0.1) is 6.61 Å². The highest BCUT2D eigenvalue weighted by Gasteiger charge is 2.51. The second-order valence-corrected chi connectivity index (χ2v) is 17.3. The van der Waals surface area contributed by atoms with Gasteiger partial charge >= 0.3 is 19.8 Å². The largest absolute Gasteiger partial charge is 0.472 e. The molecule has 1 aliphatic rings. The Hall–Kier alpha value is -1.41. The van der Waals surface area contributed by atoms with Crippen molar-refractivity contribution in [1.29, 1.82) is 0 Å². The monoisotopic (exact) mass is 837 g/mol. The van der Waals surface area contributed by atoms with Crippen LogP contribution in [0.15, 0.2) is 12.2 Å². The lowest BCUT2D eigenvalue weighted by molar-refractivity contribution is -0.220. The van der Waals surface area contributed by atoms with Gasteiger partial charge in [-0.3, -0.25) is 18.6 Å². The molecule has 0 aromatic rings. The van der Waals surface area contributed by atoms with Crippen LogP contribution in [0, 0.1) is 0 Å². The van der Waals surface area contributed by atoms with Crippen LogP contribution in [0.25, 0.3) is 0 Å². The van der Waals surface area contributed by atoms with Crippen molar-refractivity contribution in [2.45, 2.75) is 236 Å². The van der Waals surface area contributed by atoms with Gasteiger partial charge in [0.25, 0.3) is 0 Å². The molecule has 57 heavy (non-hydrogen) atoms. The number of carbonyl (C=O) groups excluding carboxylic acids is 2. The highest BCUT2D eigenvalue weighted by atomic mass is 31.2. The minimum atomic E-state index is -5.11. The van der Waals surface area contributed by atoms with Crippen molar-refractivity contribution in [3.8, 4) is 0 Å². The quantitative estimate of drug-likeness (QED) is 0.0151. The van der Waals surface area contributed by atoms with Crippen LogP contribution in [0.4, 0.5) is 0 Å². The molecule has 0 aromatic carbocycles. The van der Waals surface area contributed by atoms with E-state index < -0.39 is 75.7 Å². The predicted molar refractivity (Wildman–Crippen MR) is 221 cm³/mol. The first kappa shape index (κ1) is 53.6. The first-order valence-corrected chi connectivity index (χ1v) is 24.0. The van der Waals surface area contributed by atoms with Crippen LogP contribution in [-0.4, -0.2) is 98.3 Å². The third-order valence-electron chi connectivity index (χ3n) is 10.6. The average molecular weight is 837 g/mol. The summed E-state index contributed by atoms with van der Waals surface area (Å²) >= 11 is 0. The zero-order valence-electron chi connectivity index (χ0n) is 35.4. The van der Waals surface area contributed by atoms with E-state index >= 15 is 0 Å². The number of rotatable bonds is 37. The average Bonchev–Trinajstić information content (AvgIpc) is 3.19. The number of hydrogen-bond acceptors (Lipinski definition) is 12. The highest BCUT2D eigenvalue weighted by Crippen LogP contribution is 2.47. The molecule has 1 saturated carbocycles. The van der Waals surface area contributed by atoms with E-state index in [1.165, 1.54) is 109 Å². The lowest BCUT2D eigenvalue weighted by Gasteiger charge is -2.41. The summed E-state index contributed by atoms with van der Waals surface area (Å²) in [5.74, 6) is -1.11. The Morgan fingerprint density at radius 1 is 0.526 bits per heavy atom. The van der Waals surface area contributed by atoms with Crippen molar-refractivity contribution in [3.05, 3.63) is 12.2 Å². The van der Waals surface area contributed by atoms with E-state index in [2.05, 4.69) is 26.0 Å². The van der Waals surface area contributed by atoms with Gasteiger partial charge in [0.2, 0.25) is 0 Å². The molecule has 0 spiro atoms. The molecule has 0 aliphatic heterocycles. The molecule has 0 radical (unpaired) electrons. The molecule has 6 N–H and O–H groups in total. The number of aliphatic hydroxyl groups is 5. The second-order valence-electron chi connectivity index (χ2n) is 15.9. The maximum absolute atomic E-state index is 12.8. The topological polar surface area (TPSA) is 210 Å². The molecule has 0 aromatic heterocycles. The number of aliphatic hydroxyl groups excluding tert-OH is 5. The zero-order valence-corrected chi connectivity index (χ0v) is 36.3. The number of unbranched alkanes of at least 4 members (excludes halogenated alkanes) is 23. The Bertz CT molecular complexity index is 1060. The number of esters is 2. The van der Waals surface area contributed by atoms with Crippen LogP contribution in [0.2, 0.25) is 0 Å². The zero-order chi connectivity index (χ0) is 42.2. The van der Waals surface area contributed by atoms with Gasteiger partial charge in [0.1, 0.15) is 43.2 Å². The Morgan fingerprint density at radius 2 is 0.895 bits per heavy atom. The number of ether oxygens (including phenoxy) is 2. The molecular weight excluding hydrogens is 755 g/mol. The number of hydrogen-bond donors (Lipinski definition) is 6. The van der Waals surface area contributed by atoms with E-state index in [0.29, 0.717) is 12.8 Å². The Labute approximate surface area is 343 Å². The van der Waals surface area contributed by atoms with Gasteiger partial charge in [-0.25, -0.2) is 4.57 Å². The molecule has 13 nitrogen and oxygen atoms in total. The van der Waals surface area contributed by atoms with Crippen molar-refractivity contribution in [2.75, 3.05) is 13.2 Å². The normalized spacial score (nSPS) is 22.7. The molecule has 6 unspecified atom stereocenters. The lowest BCUT2D eigenvalue weighted by Crippen LogP contribution is -2.64. The number of carbonyl (C=O) groups is 2. The summed E-state index contributed by atoms with van der Waals surface area (Å²) in [5.41, 5.74) is 0. The van der Waals surface area contributed by atoms with Crippen molar-refractivity contribution in [1.82, 2.24) is 0 Å². The fourth-order valence-corrected chi connectivity index (χ4v) is 7.90. The molecule has 14 heteroatoms.